The summed E-state index contributed by atoms with van der Waals surface area (Å²) in [5, 5.41) is 4.26. The van der Waals surface area contributed by atoms with Crippen molar-refractivity contribution in [1.29, 1.82) is 0 Å². The molecule has 2 rings (SSSR count). The third-order valence-corrected chi connectivity index (χ3v) is 3.35. The van der Waals surface area contributed by atoms with Gasteiger partial charge in [0.15, 0.2) is 0 Å². The smallest absolute Gasteiger partial charge is 0.122 e. The number of aryl methyl sites for hydroxylation is 1. The van der Waals surface area contributed by atoms with Crippen LogP contribution in [0.3, 0.4) is 0 Å². The molecule has 0 aliphatic rings. The lowest BCUT2D eigenvalue weighted by Gasteiger charge is -2.11. The van der Waals surface area contributed by atoms with E-state index in [0.29, 0.717) is 5.92 Å². The van der Waals surface area contributed by atoms with E-state index in [4.69, 9.17) is 4.74 Å². The maximum atomic E-state index is 5.87. The minimum absolute atomic E-state index is 0.653. The van der Waals surface area contributed by atoms with Gasteiger partial charge in [0.05, 0.1) is 18.5 Å². The normalized spacial score (nSPS) is 11.1. The number of nitrogens with zero attached hydrogens (tertiary/aromatic N) is 1. The Bertz CT molecular complexity index is 606. The molecule has 3 nitrogen and oxygen atoms in total. The minimum Gasteiger partial charge on any atom is -0.493 e. The Labute approximate surface area is 133 Å². The quantitative estimate of drug-likeness (QED) is 0.584. The van der Waals surface area contributed by atoms with Crippen LogP contribution >= 0.6 is 0 Å². The summed E-state index contributed by atoms with van der Waals surface area (Å²) >= 11 is 0. The van der Waals surface area contributed by atoms with Crippen LogP contribution in [0.2, 0.25) is 0 Å². The van der Waals surface area contributed by atoms with Gasteiger partial charge in [0.2, 0.25) is 0 Å². The summed E-state index contributed by atoms with van der Waals surface area (Å²) in [5.74, 6) is 1.59. The van der Waals surface area contributed by atoms with Crippen molar-refractivity contribution in [1.82, 2.24) is 0 Å². The molecule has 0 aliphatic heterocycles. The van der Waals surface area contributed by atoms with Gasteiger partial charge in [-0.2, -0.15) is 5.10 Å². The monoisotopic (exact) mass is 296 g/mol. The second kappa shape index (κ2) is 8.23. The van der Waals surface area contributed by atoms with Crippen molar-refractivity contribution in [2.75, 3.05) is 12.0 Å². The Kier molecular flexibility index (Phi) is 6.01. The van der Waals surface area contributed by atoms with Gasteiger partial charge in [-0.1, -0.05) is 44.2 Å². The molecule has 1 N–H and O–H groups in total. The zero-order valence-electron chi connectivity index (χ0n) is 13.5. The highest BCUT2D eigenvalue weighted by Crippen LogP contribution is 2.19. The number of nitrogens with one attached hydrogen (secondary N) is 1. The summed E-state index contributed by atoms with van der Waals surface area (Å²) in [4.78, 5) is 0. The molecule has 116 valence electrons. The van der Waals surface area contributed by atoms with Crippen molar-refractivity contribution < 1.29 is 4.74 Å². The molecule has 0 aromatic heterocycles. The number of anilines is 1. The fraction of sp³-hybridized carbons (Fsp3) is 0.316. The highest BCUT2D eigenvalue weighted by Gasteiger charge is 2.02. The van der Waals surface area contributed by atoms with E-state index < -0.39 is 0 Å². The van der Waals surface area contributed by atoms with E-state index in [1.165, 1.54) is 0 Å². The number of hydrogen-bond donors (Lipinski definition) is 1. The Balaban J connectivity index is 1.96. The first kappa shape index (κ1) is 16.1. The van der Waals surface area contributed by atoms with Crippen LogP contribution in [0.1, 0.15) is 31.4 Å². The molecule has 0 unspecified atom stereocenters. The van der Waals surface area contributed by atoms with Crippen LogP contribution in [0.25, 0.3) is 0 Å². The summed E-state index contributed by atoms with van der Waals surface area (Å²) in [6.07, 6.45) is 2.87. The summed E-state index contributed by atoms with van der Waals surface area (Å²) in [7, 11) is 0. The van der Waals surface area contributed by atoms with E-state index >= 15 is 0 Å². The second-order valence-corrected chi connectivity index (χ2v) is 5.79. The van der Waals surface area contributed by atoms with Crippen molar-refractivity contribution in [2.45, 2.75) is 27.2 Å². The van der Waals surface area contributed by atoms with Crippen molar-refractivity contribution in [3.8, 4) is 5.75 Å². The highest BCUT2D eigenvalue weighted by molar-refractivity contribution is 5.81. The average molecular weight is 296 g/mol. The van der Waals surface area contributed by atoms with Gasteiger partial charge in [0.25, 0.3) is 0 Å². The van der Waals surface area contributed by atoms with Crippen molar-refractivity contribution in [3.05, 3.63) is 59.7 Å². The molecular weight excluding hydrogens is 272 g/mol. The molecule has 0 fully saturated rings. The van der Waals surface area contributed by atoms with Crippen LogP contribution in [-0.2, 0) is 0 Å². The minimum atomic E-state index is 0.653. The number of benzene rings is 2. The number of hydrazone groups is 1. The fourth-order valence-electron chi connectivity index (χ4n) is 1.95. The second-order valence-electron chi connectivity index (χ2n) is 5.79. The molecule has 0 atom stereocenters. The van der Waals surface area contributed by atoms with Crippen molar-refractivity contribution >= 4 is 11.9 Å². The molecule has 0 saturated carbocycles. The summed E-state index contributed by atoms with van der Waals surface area (Å²) < 4.78 is 5.87. The lowest BCUT2D eigenvalue weighted by Crippen LogP contribution is -2.03. The highest BCUT2D eigenvalue weighted by atomic mass is 16.5. The summed E-state index contributed by atoms with van der Waals surface area (Å²) in [6, 6.07) is 16.0. The number of rotatable bonds is 7. The van der Waals surface area contributed by atoms with Gasteiger partial charge in [-0.3, -0.25) is 5.43 Å². The van der Waals surface area contributed by atoms with Gasteiger partial charge >= 0.3 is 0 Å². The molecule has 22 heavy (non-hydrogen) atoms. The summed E-state index contributed by atoms with van der Waals surface area (Å²) in [6.45, 7) is 7.22. The molecule has 2 aromatic carbocycles. The molecule has 0 bridgehead atoms. The Hall–Kier alpha value is -2.29. The first-order chi connectivity index (χ1) is 10.6. The fourth-order valence-corrected chi connectivity index (χ4v) is 1.95. The third kappa shape index (κ3) is 5.24. The zero-order chi connectivity index (χ0) is 15.8. The van der Waals surface area contributed by atoms with Crippen molar-refractivity contribution in [3.63, 3.8) is 0 Å². The van der Waals surface area contributed by atoms with Crippen LogP contribution < -0.4 is 10.2 Å². The molecule has 0 radical (unpaired) electrons. The molecule has 3 heteroatoms. The maximum absolute atomic E-state index is 5.87. The van der Waals surface area contributed by atoms with Gasteiger partial charge in [-0.15, -0.1) is 0 Å². The van der Waals surface area contributed by atoms with Gasteiger partial charge in [-0.25, -0.2) is 0 Å². The molecule has 0 amide bonds. The van der Waals surface area contributed by atoms with Gasteiger partial charge in [0, 0.05) is 0 Å². The maximum Gasteiger partial charge on any atom is 0.122 e. The van der Waals surface area contributed by atoms with E-state index in [1.54, 1.807) is 0 Å². The largest absolute Gasteiger partial charge is 0.493 e. The zero-order valence-corrected chi connectivity index (χ0v) is 13.5. The Morgan fingerprint density at radius 2 is 1.91 bits per heavy atom. The summed E-state index contributed by atoms with van der Waals surface area (Å²) in [5.41, 5.74) is 6.16. The molecule has 0 spiro atoms. The predicted octanol–water partition coefficient (Wildman–Crippen LogP) is 4.87. The standard InChI is InChI=1S/C19H24N2O/c1-15(2)11-12-22-19-13-17(10-9-16(19)3)14-20-21-18-7-5-4-6-8-18/h4-10,13-15,21H,11-12H2,1-3H3. The third-order valence-electron chi connectivity index (χ3n) is 3.35. The first-order valence-corrected chi connectivity index (χ1v) is 7.72. The Morgan fingerprint density at radius 1 is 1.14 bits per heavy atom. The van der Waals surface area contributed by atoms with Crippen LogP contribution in [0.5, 0.6) is 5.75 Å². The van der Waals surface area contributed by atoms with Crippen LogP contribution in [-0.4, -0.2) is 12.8 Å². The molecule has 0 heterocycles. The van der Waals surface area contributed by atoms with Gasteiger partial charge < -0.3 is 4.74 Å². The number of para-hydroxylation sites is 1. The predicted molar refractivity (Wildman–Crippen MR) is 93.8 cm³/mol. The van der Waals surface area contributed by atoms with E-state index in [9.17, 15) is 0 Å². The van der Waals surface area contributed by atoms with E-state index in [1.807, 2.05) is 48.7 Å². The molecule has 0 saturated heterocycles. The average Bonchev–Trinajstić information content (AvgIpc) is 2.51. The molecule has 0 aliphatic carbocycles. The van der Waals surface area contributed by atoms with Crippen molar-refractivity contribution in [2.24, 2.45) is 11.0 Å². The SMILES string of the molecule is Cc1ccc(C=NNc2ccccc2)cc1OCCC(C)C. The molecular formula is C19H24N2O. The van der Waals surface area contributed by atoms with Gasteiger partial charge in [0.1, 0.15) is 5.75 Å². The van der Waals surface area contributed by atoms with Crippen LogP contribution in [0.15, 0.2) is 53.6 Å². The Morgan fingerprint density at radius 3 is 2.64 bits per heavy atom. The number of hydrogen-bond acceptors (Lipinski definition) is 3. The first-order valence-electron chi connectivity index (χ1n) is 7.72. The van der Waals surface area contributed by atoms with E-state index in [0.717, 1.165) is 35.6 Å². The van der Waals surface area contributed by atoms with Crippen LogP contribution in [0, 0.1) is 12.8 Å². The lowest BCUT2D eigenvalue weighted by molar-refractivity contribution is 0.288. The van der Waals surface area contributed by atoms with Crippen LogP contribution in [0.4, 0.5) is 5.69 Å². The van der Waals surface area contributed by atoms with E-state index in [-0.39, 0.29) is 0 Å². The number of ether oxygens (including phenoxy) is 1. The van der Waals surface area contributed by atoms with Gasteiger partial charge in [-0.05, 0) is 48.6 Å². The van der Waals surface area contributed by atoms with E-state index in [2.05, 4.69) is 37.4 Å². The topological polar surface area (TPSA) is 33.6 Å². The molecule has 2 aromatic rings. The lowest BCUT2D eigenvalue weighted by atomic mass is 10.1.